The summed E-state index contributed by atoms with van der Waals surface area (Å²) in [6.45, 7) is 2.00. The number of aryl methyl sites for hydroxylation is 1. The second-order valence-corrected chi connectivity index (χ2v) is 2.88. The van der Waals surface area contributed by atoms with Gasteiger partial charge in [-0.2, -0.15) is 4.37 Å². The minimum atomic E-state index is 1.03. The lowest BCUT2D eigenvalue weighted by Gasteiger charge is -1.83. The molecular weight excluding hydrogens is 144 g/mol. The molecule has 0 amide bonds. The van der Waals surface area contributed by atoms with Gasteiger partial charge in [-0.05, 0) is 30.6 Å². The summed E-state index contributed by atoms with van der Waals surface area (Å²) in [5.41, 5.74) is 1.08. The Bertz CT molecular complexity index is 353. The fraction of sp³-hybridized carbons (Fsp3) is 0.143. The molecule has 0 fully saturated rings. The van der Waals surface area contributed by atoms with Crippen LogP contribution < -0.4 is 0 Å². The maximum Gasteiger partial charge on any atom is 0.143 e. The first-order chi connectivity index (χ1) is 4.88. The molecule has 2 nitrogen and oxygen atoms in total. The van der Waals surface area contributed by atoms with E-state index in [2.05, 4.69) is 9.36 Å². The third-order valence-electron chi connectivity index (χ3n) is 1.43. The Kier molecular flexibility index (Phi) is 1.17. The summed E-state index contributed by atoms with van der Waals surface area (Å²) in [6, 6.07) is 3.98. The Morgan fingerprint density at radius 2 is 2.40 bits per heavy atom. The maximum atomic E-state index is 4.17. The first-order valence-electron chi connectivity index (χ1n) is 3.05. The summed E-state index contributed by atoms with van der Waals surface area (Å²) in [7, 11) is 0. The van der Waals surface area contributed by atoms with Crippen molar-refractivity contribution in [1.82, 2.24) is 9.36 Å². The third-order valence-corrected chi connectivity index (χ3v) is 2.29. The Morgan fingerprint density at radius 1 is 1.50 bits per heavy atom. The first-order valence-corrected chi connectivity index (χ1v) is 3.82. The average Bonchev–Trinajstić information content (AvgIpc) is 2.34. The third kappa shape index (κ3) is 0.708. The van der Waals surface area contributed by atoms with Crippen LogP contribution in [-0.4, -0.2) is 9.36 Å². The predicted octanol–water partition coefficient (Wildman–Crippen LogP) is 2.00. The van der Waals surface area contributed by atoms with Gasteiger partial charge in [0.1, 0.15) is 4.83 Å². The van der Waals surface area contributed by atoms with Crippen molar-refractivity contribution in [3.05, 3.63) is 24.0 Å². The van der Waals surface area contributed by atoms with E-state index in [1.165, 1.54) is 16.9 Å². The van der Waals surface area contributed by atoms with Crippen LogP contribution in [0.5, 0.6) is 0 Å². The van der Waals surface area contributed by atoms with Crippen LogP contribution >= 0.6 is 11.5 Å². The van der Waals surface area contributed by atoms with Crippen molar-refractivity contribution < 1.29 is 0 Å². The number of fused-ring (bicyclic) bond motifs is 1. The van der Waals surface area contributed by atoms with Crippen LogP contribution in [0.2, 0.25) is 0 Å². The van der Waals surface area contributed by atoms with Gasteiger partial charge in [0.05, 0.1) is 5.69 Å². The smallest absolute Gasteiger partial charge is 0.143 e. The van der Waals surface area contributed by atoms with Gasteiger partial charge in [-0.1, -0.05) is 0 Å². The van der Waals surface area contributed by atoms with Crippen molar-refractivity contribution in [2.24, 2.45) is 0 Å². The summed E-state index contributed by atoms with van der Waals surface area (Å²) in [4.78, 5) is 5.19. The van der Waals surface area contributed by atoms with Gasteiger partial charge < -0.3 is 0 Å². The lowest BCUT2D eigenvalue weighted by molar-refractivity contribution is 1.37. The number of aromatic nitrogens is 2. The highest BCUT2D eigenvalue weighted by molar-refractivity contribution is 7.12. The molecule has 2 aromatic rings. The summed E-state index contributed by atoms with van der Waals surface area (Å²) >= 11 is 1.45. The van der Waals surface area contributed by atoms with Crippen molar-refractivity contribution in [1.29, 1.82) is 0 Å². The van der Waals surface area contributed by atoms with Crippen LogP contribution in [0, 0.1) is 6.92 Å². The molecule has 0 aliphatic carbocycles. The summed E-state index contributed by atoms with van der Waals surface area (Å²) in [5, 5.41) is 1.17. The summed E-state index contributed by atoms with van der Waals surface area (Å²) < 4.78 is 4.17. The molecule has 0 saturated heterocycles. The SMILES string of the molecule is Cc1nsc2ncccc12. The van der Waals surface area contributed by atoms with E-state index in [1.54, 1.807) is 6.20 Å². The molecule has 0 aliphatic heterocycles. The highest BCUT2D eigenvalue weighted by atomic mass is 32.1. The molecule has 2 rings (SSSR count). The van der Waals surface area contributed by atoms with E-state index >= 15 is 0 Å². The van der Waals surface area contributed by atoms with Crippen molar-refractivity contribution >= 4 is 21.7 Å². The van der Waals surface area contributed by atoms with E-state index in [9.17, 15) is 0 Å². The monoisotopic (exact) mass is 150 g/mol. The molecular formula is C7H6N2S. The van der Waals surface area contributed by atoms with Crippen LogP contribution in [0.1, 0.15) is 5.69 Å². The minimum absolute atomic E-state index is 1.03. The average molecular weight is 150 g/mol. The topological polar surface area (TPSA) is 25.8 Å². The molecule has 2 heterocycles. The van der Waals surface area contributed by atoms with Crippen LogP contribution in [-0.2, 0) is 0 Å². The number of nitrogens with zero attached hydrogens (tertiary/aromatic N) is 2. The highest BCUT2D eigenvalue weighted by Crippen LogP contribution is 2.18. The number of hydrogen-bond donors (Lipinski definition) is 0. The van der Waals surface area contributed by atoms with Crippen molar-refractivity contribution in [3.63, 3.8) is 0 Å². The van der Waals surface area contributed by atoms with Gasteiger partial charge in [-0.25, -0.2) is 4.98 Å². The zero-order valence-corrected chi connectivity index (χ0v) is 6.35. The normalized spacial score (nSPS) is 10.5. The van der Waals surface area contributed by atoms with Gasteiger partial charge in [0.2, 0.25) is 0 Å². The van der Waals surface area contributed by atoms with E-state index in [4.69, 9.17) is 0 Å². The largest absolute Gasteiger partial charge is 0.244 e. The Labute approximate surface area is 62.7 Å². The van der Waals surface area contributed by atoms with E-state index in [-0.39, 0.29) is 0 Å². The zero-order chi connectivity index (χ0) is 6.97. The molecule has 0 atom stereocenters. The maximum absolute atomic E-state index is 4.17. The molecule has 0 saturated carbocycles. The molecule has 0 bridgehead atoms. The van der Waals surface area contributed by atoms with Crippen LogP contribution in [0.3, 0.4) is 0 Å². The Morgan fingerprint density at radius 3 is 3.20 bits per heavy atom. The molecule has 0 radical (unpaired) electrons. The molecule has 3 heteroatoms. The van der Waals surface area contributed by atoms with Gasteiger partial charge >= 0.3 is 0 Å². The fourth-order valence-corrected chi connectivity index (χ4v) is 1.64. The summed E-state index contributed by atoms with van der Waals surface area (Å²) in [6.07, 6.45) is 1.79. The van der Waals surface area contributed by atoms with Crippen molar-refractivity contribution in [2.75, 3.05) is 0 Å². The standard InChI is InChI=1S/C7H6N2S/c1-5-6-3-2-4-8-7(6)10-9-5/h2-4H,1H3. The Hall–Kier alpha value is -0.960. The van der Waals surface area contributed by atoms with Crippen molar-refractivity contribution in [3.8, 4) is 0 Å². The van der Waals surface area contributed by atoms with Crippen molar-refractivity contribution in [2.45, 2.75) is 6.92 Å². The second kappa shape index (κ2) is 2.02. The quantitative estimate of drug-likeness (QED) is 0.574. The van der Waals surface area contributed by atoms with E-state index in [0.29, 0.717) is 0 Å². The van der Waals surface area contributed by atoms with Gasteiger partial charge in [-0.15, -0.1) is 0 Å². The highest BCUT2D eigenvalue weighted by Gasteiger charge is 1.98. The lowest BCUT2D eigenvalue weighted by atomic mass is 10.3. The van der Waals surface area contributed by atoms with Gasteiger partial charge in [0.15, 0.2) is 0 Å². The molecule has 10 heavy (non-hydrogen) atoms. The number of hydrogen-bond acceptors (Lipinski definition) is 3. The molecule has 0 aliphatic rings. The van der Waals surface area contributed by atoms with Gasteiger partial charge in [-0.3, -0.25) is 0 Å². The first kappa shape index (κ1) is 5.80. The molecule has 2 aromatic heterocycles. The van der Waals surface area contributed by atoms with E-state index in [1.807, 2.05) is 19.1 Å². The molecule has 0 unspecified atom stereocenters. The Balaban J connectivity index is 2.93. The molecule has 50 valence electrons. The van der Waals surface area contributed by atoms with Crippen LogP contribution in [0.4, 0.5) is 0 Å². The zero-order valence-electron chi connectivity index (χ0n) is 5.53. The second-order valence-electron chi connectivity index (χ2n) is 2.12. The van der Waals surface area contributed by atoms with Crippen LogP contribution in [0.15, 0.2) is 18.3 Å². The molecule has 0 N–H and O–H groups in total. The number of rotatable bonds is 0. The molecule has 0 spiro atoms. The van der Waals surface area contributed by atoms with E-state index < -0.39 is 0 Å². The van der Waals surface area contributed by atoms with Crippen LogP contribution in [0.25, 0.3) is 10.2 Å². The molecule has 0 aromatic carbocycles. The fourth-order valence-electron chi connectivity index (χ4n) is 0.900. The van der Waals surface area contributed by atoms with Gasteiger partial charge in [0, 0.05) is 11.6 Å². The number of pyridine rings is 1. The van der Waals surface area contributed by atoms with Gasteiger partial charge in [0.25, 0.3) is 0 Å². The lowest BCUT2D eigenvalue weighted by Crippen LogP contribution is -1.70. The summed E-state index contributed by atoms with van der Waals surface area (Å²) in [5.74, 6) is 0. The van der Waals surface area contributed by atoms with E-state index in [0.717, 1.165) is 10.5 Å². The minimum Gasteiger partial charge on any atom is -0.244 e. The predicted molar refractivity (Wildman–Crippen MR) is 42.2 cm³/mol.